The second-order valence-electron chi connectivity index (χ2n) is 8.13. The van der Waals surface area contributed by atoms with Crippen LogP contribution in [0.1, 0.15) is 49.0 Å². The summed E-state index contributed by atoms with van der Waals surface area (Å²) in [4.78, 5) is 31.8. The third kappa shape index (κ3) is 6.15. The van der Waals surface area contributed by atoms with Gasteiger partial charge in [-0.3, -0.25) is 14.5 Å². The monoisotopic (exact) mass is 373 g/mol. The Morgan fingerprint density at radius 1 is 1.07 bits per heavy atom. The molecule has 1 aromatic rings. The number of aryl methyl sites for hydroxylation is 1. The van der Waals surface area contributed by atoms with Crippen molar-refractivity contribution in [2.24, 2.45) is 0 Å². The number of benzene rings is 1. The SMILES string of the molecule is Cc1ccccc1C(=O)CCC(=O)N1CC(C)N(CCCN(C)C)C(C)C1. The van der Waals surface area contributed by atoms with Crippen LogP contribution in [0.3, 0.4) is 0 Å². The fourth-order valence-corrected chi connectivity index (χ4v) is 3.97. The van der Waals surface area contributed by atoms with E-state index in [1.165, 1.54) is 0 Å². The van der Waals surface area contributed by atoms with Crippen LogP contribution >= 0.6 is 0 Å². The summed E-state index contributed by atoms with van der Waals surface area (Å²) in [6, 6.07) is 8.30. The molecule has 1 aliphatic rings. The summed E-state index contributed by atoms with van der Waals surface area (Å²) in [6.45, 7) is 9.99. The van der Waals surface area contributed by atoms with Crippen LogP contribution < -0.4 is 0 Å². The van der Waals surface area contributed by atoms with E-state index in [2.05, 4.69) is 37.7 Å². The number of carbonyl (C=O) groups is 2. The number of amides is 1. The molecular weight excluding hydrogens is 338 g/mol. The van der Waals surface area contributed by atoms with Gasteiger partial charge in [0.25, 0.3) is 0 Å². The first-order valence-corrected chi connectivity index (χ1v) is 10.1. The molecule has 27 heavy (non-hydrogen) atoms. The summed E-state index contributed by atoms with van der Waals surface area (Å²) in [6.07, 6.45) is 1.73. The highest BCUT2D eigenvalue weighted by molar-refractivity contribution is 5.99. The van der Waals surface area contributed by atoms with Gasteiger partial charge in [-0.1, -0.05) is 24.3 Å². The van der Waals surface area contributed by atoms with Gasteiger partial charge in [0.15, 0.2) is 5.78 Å². The maximum absolute atomic E-state index is 12.7. The van der Waals surface area contributed by atoms with Gasteiger partial charge in [0.2, 0.25) is 5.91 Å². The minimum Gasteiger partial charge on any atom is -0.340 e. The lowest BCUT2D eigenvalue weighted by atomic mass is 10.0. The summed E-state index contributed by atoms with van der Waals surface area (Å²) in [5, 5.41) is 0. The number of Topliss-reactive ketones (excluding diaryl/α,β-unsaturated/α-hetero) is 1. The Labute approximate surface area is 164 Å². The quantitative estimate of drug-likeness (QED) is 0.657. The molecule has 1 fully saturated rings. The predicted octanol–water partition coefficient (Wildman–Crippen LogP) is 2.83. The zero-order valence-electron chi connectivity index (χ0n) is 17.6. The molecule has 1 aliphatic heterocycles. The summed E-state index contributed by atoms with van der Waals surface area (Å²) < 4.78 is 0. The molecule has 2 rings (SSSR count). The minimum atomic E-state index is 0.0601. The molecule has 0 radical (unpaired) electrons. The first-order chi connectivity index (χ1) is 12.8. The summed E-state index contributed by atoms with van der Waals surface area (Å²) in [7, 11) is 4.20. The first kappa shape index (κ1) is 21.6. The van der Waals surface area contributed by atoms with Gasteiger partial charge in [-0.25, -0.2) is 0 Å². The summed E-state index contributed by atoms with van der Waals surface area (Å²) >= 11 is 0. The number of hydrogen-bond acceptors (Lipinski definition) is 4. The van der Waals surface area contributed by atoms with Crippen molar-refractivity contribution in [3.05, 3.63) is 35.4 Å². The van der Waals surface area contributed by atoms with Gasteiger partial charge in [0.05, 0.1) is 0 Å². The van der Waals surface area contributed by atoms with Crippen molar-refractivity contribution in [2.75, 3.05) is 40.3 Å². The van der Waals surface area contributed by atoms with E-state index in [4.69, 9.17) is 0 Å². The zero-order chi connectivity index (χ0) is 20.0. The van der Waals surface area contributed by atoms with Gasteiger partial charge < -0.3 is 9.80 Å². The third-order valence-electron chi connectivity index (χ3n) is 5.49. The van der Waals surface area contributed by atoms with Crippen LogP contribution in [0.2, 0.25) is 0 Å². The molecule has 0 spiro atoms. The molecule has 0 bridgehead atoms. The number of hydrogen-bond donors (Lipinski definition) is 0. The Morgan fingerprint density at radius 2 is 1.70 bits per heavy atom. The Balaban J connectivity index is 1.84. The maximum Gasteiger partial charge on any atom is 0.223 e. The van der Waals surface area contributed by atoms with Crippen LogP contribution in [0, 0.1) is 6.92 Å². The van der Waals surface area contributed by atoms with Crippen LogP contribution in [0.5, 0.6) is 0 Å². The van der Waals surface area contributed by atoms with E-state index in [1.54, 1.807) is 0 Å². The maximum atomic E-state index is 12.7. The third-order valence-corrected chi connectivity index (χ3v) is 5.49. The fourth-order valence-electron chi connectivity index (χ4n) is 3.97. The van der Waals surface area contributed by atoms with Crippen molar-refractivity contribution < 1.29 is 9.59 Å². The molecule has 1 aromatic carbocycles. The van der Waals surface area contributed by atoms with Crippen molar-refractivity contribution in [1.82, 2.24) is 14.7 Å². The van der Waals surface area contributed by atoms with Gasteiger partial charge in [0, 0.05) is 50.1 Å². The Kier molecular flexibility index (Phi) is 7.99. The molecule has 1 heterocycles. The van der Waals surface area contributed by atoms with Crippen molar-refractivity contribution in [3.8, 4) is 0 Å². The van der Waals surface area contributed by atoms with Crippen LogP contribution in [0.4, 0.5) is 0 Å². The second kappa shape index (κ2) is 10.00. The molecule has 5 heteroatoms. The van der Waals surface area contributed by atoms with E-state index in [0.29, 0.717) is 18.5 Å². The predicted molar refractivity (Wildman–Crippen MR) is 110 cm³/mol. The molecule has 0 aliphatic carbocycles. The van der Waals surface area contributed by atoms with Crippen molar-refractivity contribution in [3.63, 3.8) is 0 Å². The standard InChI is InChI=1S/C22H35N3O2/c1-17-9-6-7-10-20(17)21(26)11-12-22(27)24-15-18(2)25(19(3)16-24)14-8-13-23(4)5/h6-7,9-10,18-19H,8,11-16H2,1-5H3. The van der Waals surface area contributed by atoms with E-state index in [1.807, 2.05) is 36.1 Å². The lowest BCUT2D eigenvalue weighted by molar-refractivity contribution is -0.135. The Bertz CT molecular complexity index is 632. The normalized spacial score (nSPS) is 20.9. The van der Waals surface area contributed by atoms with Gasteiger partial charge in [0.1, 0.15) is 0 Å². The van der Waals surface area contributed by atoms with E-state index < -0.39 is 0 Å². The molecule has 0 aromatic heterocycles. The topological polar surface area (TPSA) is 43.9 Å². The molecule has 0 saturated carbocycles. The number of nitrogens with zero attached hydrogens (tertiary/aromatic N) is 3. The lowest BCUT2D eigenvalue weighted by Gasteiger charge is -2.44. The molecular formula is C22H35N3O2. The fraction of sp³-hybridized carbons (Fsp3) is 0.636. The molecule has 2 atom stereocenters. The van der Waals surface area contributed by atoms with Crippen molar-refractivity contribution in [1.29, 1.82) is 0 Å². The Morgan fingerprint density at radius 3 is 2.30 bits per heavy atom. The number of piperazine rings is 1. The lowest BCUT2D eigenvalue weighted by Crippen LogP contribution is -2.58. The van der Waals surface area contributed by atoms with Crippen LogP contribution in [0.25, 0.3) is 0 Å². The number of carbonyl (C=O) groups excluding carboxylic acids is 2. The Hall–Kier alpha value is -1.72. The zero-order valence-corrected chi connectivity index (χ0v) is 17.6. The number of ketones is 1. The minimum absolute atomic E-state index is 0.0601. The van der Waals surface area contributed by atoms with Crippen LogP contribution in [-0.2, 0) is 4.79 Å². The highest BCUT2D eigenvalue weighted by Crippen LogP contribution is 2.18. The van der Waals surface area contributed by atoms with E-state index in [0.717, 1.165) is 43.7 Å². The average Bonchev–Trinajstić information content (AvgIpc) is 2.61. The van der Waals surface area contributed by atoms with E-state index in [-0.39, 0.29) is 18.1 Å². The first-order valence-electron chi connectivity index (χ1n) is 10.1. The summed E-state index contributed by atoms with van der Waals surface area (Å²) in [5.41, 5.74) is 1.71. The van der Waals surface area contributed by atoms with Crippen LogP contribution in [-0.4, -0.2) is 78.7 Å². The average molecular weight is 374 g/mol. The van der Waals surface area contributed by atoms with E-state index >= 15 is 0 Å². The highest BCUT2D eigenvalue weighted by atomic mass is 16.2. The molecule has 1 amide bonds. The summed E-state index contributed by atoms with van der Waals surface area (Å²) in [5.74, 6) is 0.161. The van der Waals surface area contributed by atoms with Crippen molar-refractivity contribution >= 4 is 11.7 Å². The van der Waals surface area contributed by atoms with Gasteiger partial charge in [-0.15, -0.1) is 0 Å². The van der Waals surface area contributed by atoms with Gasteiger partial charge in [-0.05, 0) is 53.4 Å². The van der Waals surface area contributed by atoms with Gasteiger partial charge in [-0.2, -0.15) is 0 Å². The smallest absolute Gasteiger partial charge is 0.223 e. The molecule has 150 valence electrons. The molecule has 0 N–H and O–H groups in total. The van der Waals surface area contributed by atoms with Gasteiger partial charge >= 0.3 is 0 Å². The van der Waals surface area contributed by atoms with E-state index in [9.17, 15) is 9.59 Å². The van der Waals surface area contributed by atoms with Crippen molar-refractivity contribution in [2.45, 2.75) is 52.1 Å². The number of rotatable bonds is 8. The highest BCUT2D eigenvalue weighted by Gasteiger charge is 2.31. The molecule has 5 nitrogen and oxygen atoms in total. The van der Waals surface area contributed by atoms with Crippen LogP contribution in [0.15, 0.2) is 24.3 Å². The molecule has 2 unspecified atom stereocenters. The molecule has 1 saturated heterocycles. The largest absolute Gasteiger partial charge is 0.340 e. The second-order valence-corrected chi connectivity index (χ2v) is 8.13.